The van der Waals surface area contributed by atoms with E-state index < -0.39 is 0 Å². The first-order valence-corrected chi connectivity index (χ1v) is 5.70. The highest BCUT2D eigenvalue weighted by Gasteiger charge is 2.07. The summed E-state index contributed by atoms with van der Waals surface area (Å²) >= 11 is 0. The monoisotopic (exact) mass is 250 g/mol. The second-order valence-corrected chi connectivity index (χ2v) is 3.82. The average Bonchev–Trinajstić information content (AvgIpc) is 2.99. The molecular formula is C10H14N6O2. The third-order valence-electron chi connectivity index (χ3n) is 2.27. The summed E-state index contributed by atoms with van der Waals surface area (Å²) in [5.74, 6) is 0.458. The summed E-state index contributed by atoms with van der Waals surface area (Å²) in [7, 11) is 0. The number of amides is 1. The Morgan fingerprint density at radius 1 is 1.56 bits per heavy atom. The molecule has 96 valence electrons. The fourth-order valence-corrected chi connectivity index (χ4v) is 1.45. The molecule has 0 radical (unpaired) electrons. The van der Waals surface area contributed by atoms with E-state index in [1.165, 1.54) is 11.0 Å². The molecule has 2 heterocycles. The summed E-state index contributed by atoms with van der Waals surface area (Å²) in [5.41, 5.74) is 0.905. The molecule has 0 aromatic carbocycles. The minimum atomic E-state index is -0.184. The van der Waals surface area contributed by atoms with E-state index in [4.69, 9.17) is 4.52 Å². The van der Waals surface area contributed by atoms with Crippen LogP contribution in [0.1, 0.15) is 24.8 Å². The van der Waals surface area contributed by atoms with E-state index in [-0.39, 0.29) is 12.5 Å². The van der Waals surface area contributed by atoms with Gasteiger partial charge in [-0.2, -0.15) is 0 Å². The maximum absolute atomic E-state index is 11.5. The fraction of sp³-hybridized carbons (Fsp3) is 0.500. The lowest BCUT2D eigenvalue weighted by atomic mass is 10.2. The lowest BCUT2D eigenvalue weighted by molar-refractivity contribution is -0.122. The van der Waals surface area contributed by atoms with Crippen LogP contribution in [0.2, 0.25) is 0 Å². The molecule has 0 saturated carbocycles. The number of nitrogens with zero attached hydrogens (tertiary/aromatic N) is 5. The molecule has 0 saturated heterocycles. The van der Waals surface area contributed by atoms with Crippen molar-refractivity contribution in [1.82, 2.24) is 30.7 Å². The van der Waals surface area contributed by atoms with Gasteiger partial charge in [-0.3, -0.25) is 4.79 Å². The zero-order valence-corrected chi connectivity index (χ0v) is 10.0. The first-order chi connectivity index (χ1) is 8.78. The van der Waals surface area contributed by atoms with Crippen LogP contribution in [-0.2, 0) is 24.3 Å². The highest BCUT2D eigenvalue weighted by molar-refractivity contribution is 5.75. The molecule has 0 unspecified atom stereocenters. The second-order valence-electron chi connectivity index (χ2n) is 3.82. The number of aryl methyl sites for hydroxylation is 1. The Balaban J connectivity index is 1.78. The lowest BCUT2D eigenvalue weighted by Crippen LogP contribution is -2.27. The molecule has 2 rings (SSSR count). The third-order valence-corrected chi connectivity index (χ3v) is 2.27. The highest BCUT2D eigenvalue weighted by atomic mass is 16.5. The number of tetrazole rings is 1. The van der Waals surface area contributed by atoms with Gasteiger partial charge in [0.05, 0.1) is 12.2 Å². The molecule has 0 bridgehead atoms. The van der Waals surface area contributed by atoms with E-state index >= 15 is 0 Å². The third kappa shape index (κ3) is 3.37. The molecule has 2 aromatic rings. The van der Waals surface area contributed by atoms with Crippen molar-refractivity contribution in [2.45, 2.75) is 32.9 Å². The molecule has 0 aliphatic carbocycles. The van der Waals surface area contributed by atoms with Gasteiger partial charge in [-0.05, 0) is 16.8 Å². The van der Waals surface area contributed by atoms with Crippen LogP contribution in [0.25, 0.3) is 0 Å². The zero-order valence-electron chi connectivity index (χ0n) is 10.0. The van der Waals surface area contributed by atoms with Gasteiger partial charge in [-0.1, -0.05) is 18.5 Å². The first kappa shape index (κ1) is 12.2. The van der Waals surface area contributed by atoms with Gasteiger partial charge in [0.15, 0.2) is 5.76 Å². The van der Waals surface area contributed by atoms with Crippen LogP contribution in [-0.4, -0.2) is 31.3 Å². The highest BCUT2D eigenvalue weighted by Crippen LogP contribution is 2.05. The van der Waals surface area contributed by atoms with Crippen LogP contribution in [0, 0.1) is 0 Å². The molecule has 1 N–H and O–H groups in total. The number of aromatic nitrogens is 5. The van der Waals surface area contributed by atoms with Gasteiger partial charge in [0, 0.05) is 6.07 Å². The van der Waals surface area contributed by atoms with Gasteiger partial charge in [0.25, 0.3) is 0 Å². The van der Waals surface area contributed by atoms with Crippen LogP contribution in [0.5, 0.6) is 0 Å². The molecule has 0 aliphatic heterocycles. The standard InChI is InChI=1S/C10H14N6O2/c1-2-3-8-4-9(18-13-8)5-11-10(17)6-16-7-12-14-15-16/h4,7H,2-3,5-6H2,1H3,(H,11,17). The number of nitrogens with one attached hydrogen (secondary N) is 1. The predicted octanol–water partition coefficient (Wildman–Crippen LogP) is -0.0700. The van der Waals surface area contributed by atoms with Crippen LogP contribution >= 0.6 is 0 Å². The molecule has 1 amide bonds. The molecule has 0 fully saturated rings. The van der Waals surface area contributed by atoms with E-state index in [1.807, 2.05) is 6.07 Å². The van der Waals surface area contributed by atoms with Gasteiger partial charge in [0.1, 0.15) is 12.9 Å². The Morgan fingerprint density at radius 3 is 3.17 bits per heavy atom. The SMILES string of the molecule is CCCc1cc(CNC(=O)Cn2cnnn2)on1. The smallest absolute Gasteiger partial charge is 0.242 e. The quantitative estimate of drug-likeness (QED) is 0.770. The summed E-state index contributed by atoms with van der Waals surface area (Å²) < 4.78 is 6.44. The maximum Gasteiger partial charge on any atom is 0.242 e. The Hall–Kier alpha value is -2.25. The number of carbonyl (C=O) groups excluding carboxylic acids is 1. The van der Waals surface area contributed by atoms with E-state index in [2.05, 4.69) is 32.9 Å². The molecule has 0 spiro atoms. The van der Waals surface area contributed by atoms with Crippen molar-refractivity contribution >= 4 is 5.91 Å². The Labute approximate surface area is 103 Å². The van der Waals surface area contributed by atoms with Crippen molar-refractivity contribution in [2.75, 3.05) is 0 Å². The molecule has 0 aliphatic rings. The van der Waals surface area contributed by atoms with Crippen molar-refractivity contribution in [3.05, 3.63) is 23.8 Å². The Kier molecular flexibility index (Phi) is 4.00. The minimum absolute atomic E-state index is 0.0863. The topological polar surface area (TPSA) is 98.7 Å². The fourth-order valence-electron chi connectivity index (χ4n) is 1.45. The summed E-state index contributed by atoms with van der Waals surface area (Å²) in [5, 5.41) is 17.1. The first-order valence-electron chi connectivity index (χ1n) is 5.70. The average molecular weight is 250 g/mol. The van der Waals surface area contributed by atoms with Crippen LogP contribution < -0.4 is 5.32 Å². The maximum atomic E-state index is 11.5. The van der Waals surface area contributed by atoms with Crippen molar-refractivity contribution in [3.63, 3.8) is 0 Å². The van der Waals surface area contributed by atoms with Gasteiger partial charge in [0.2, 0.25) is 5.91 Å². The Morgan fingerprint density at radius 2 is 2.44 bits per heavy atom. The van der Waals surface area contributed by atoms with E-state index in [0.717, 1.165) is 18.5 Å². The molecular weight excluding hydrogens is 236 g/mol. The van der Waals surface area contributed by atoms with Gasteiger partial charge >= 0.3 is 0 Å². The zero-order chi connectivity index (χ0) is 12.8. The van der Waals surface area contributed by atoms with Crippen LogP contribution in [0.4, 0.5) is 0 Å². The summed E-state index contributed by atoms with van der Waals surface area (Å²) in [6, 6.07) is 1.85. The summed E-state index contributed by atoms with van der Waals surface area (Å²) in [6.07, 6.45) is 3.27. The van der Waals surface area contributed by atoms with Crippen molar-refractivity contribution < 1.29 is 9.32 Å². The summed E-state index contributed by atoms with van der Waals surface area (Å²) in [6.45, 7) is 2.48. The lowest BCUT2D eigenvalue weighted by Gasteiger charge is -2.01. The Bertz CT molecular complexity index is 492. The summed E-state index contributed by atoms with van der Waals surface area (Å²) in [4.78, 5) is 11.5. The van der Waals surface area contributed by atoms with Crippen LogP contribution in [0.3, 0.4) is 0 Å². The number of rotatable bonds is 6. The number of hydrogen-bond acceptors (Lipinski definition) is 6. The number of hydrogen-bond donors (Lipinski definition) is 1. The van der Waals surface area contributed by atoms with E-state index in [1.54, 1.807) is 0 Å². The normalized spacial score (nSPS) is 10.5. The molecule has 2 aromatic heterocycles. The number of carbonyl (C=O) groups is 1. The van der Waals surface area contributed by atoms with Crippen molar-refractivity contribution in [1.29, 1.82) is 0 Å². The largest absolute Gasteiger partial charge is 0.359 e. The van der Waals surface area contributed by atoms with Gasteiger partial charge in [-0.25, -0.2) is 4.68 Å². The molecule has 8 nitrogen and oxygen atoms in total. The molecule has 18 heavy (non-hydrogen) atoms. The minimum Gasteiger partial charge on any atom is -0.359 e. The molecule has 0 atom stereocenters. The van der Waals surface area contributed by atoms with Gasteiger partial charge in [-0.15, -0.1) is 5.10 Å². The van der Waals surface area contributed by atoms with Crippen molar-refractivity contribution in [3.8, 4) is 0 Å². The molecule has 8 heteroatoms. The second kappa shape index (κ2) is 5.89. The van der Waals surface area contributed by atoms with Crippen molar-refractivity contribution in [2.24, 2.45) is 0 Å². The van der Waals surface area contributed by atoms with E-state index in [0.29, 0.717) is 12.3 Å². The van der Waals surface area contributed by atoms with Gasteiger partial charge < -0.3 is 9.84 Å². The predicted molar refractivity (Wildman–Crippen MR) is 60.2 cm³/mol. The van der Waals surface area contributed by atoms with E-state index in [9.17, 15) is 4.79 Å². The van der Waals surface area contributed by atoms with Crippen LogP contribution in [0.15, 0.2) is 16.9 Å².